The smallest absolute Gasteiger partial charge is 0.407 e. The number of nitrogens with zero attached hydrogens (tertiary/aromatic N) is 6. The Labute approximate surface area is 353 Å². The molecule has 3 aromatic heterocycles. The van der Waals surface area contributed by atoms with Crippen LogP contribution in [0.5, 0.6) is 11.5 Å². The van der Waals surface area contributed by atoms with Crippen molar-refractivity contribution in [1.29, 1.82) is 0 Å². The van der Waals surface area contributed by atoms with E-state index in [9.17, 15) is 9.59 Å². The average molecular weight is 849 g/mol. The maximum absolute atomic E-state index is 15.3. The minimum Gasteiger partial charge on any atom is -0.494 e. The van der Waals surface area contributed by atoms with E-state index in [-0.39, 0.29) is 83.0 Å². The molecule has 16 nitrogen and oxygen atoms in total. The van der Waals surface area contributed by atoms with Gasteiger partial charge in [0.2, 0.25) is 0 Å². The Bertz CT molecular complexity index is 2190. The van der Waals surface area contributed by atoms with E-state index < -0.39 is 35.0 Å². The zero-order valence-corrected chi connectivity index (χ0v) is 35.6. The van der Waals surface area contributed by atoms with Crippen molar-refractivity contribution < 1.29 is 46.8 Å². The lowest BCUT2D eigenvalue weighted by molar-refractivity contribution is 0.0482. The zero-order chi connectivity index (χ0) is 44.0. The molecule has 0 aliphatic heterocycles. The van der Waals surface area contributed by atoms with E-state index in [0.717, 1.165) is 12.1 Å². The molecule has 61 heavy (non-hydrogen) atoms. The van der Waals surface area contributed by atoms with E-state index >= 15 is 8.78 Å². The van der Waals surface area contributed by atoms with Gasteiger partial charge in [-0.2, -0.15) is 5.10 Å². The molecule has 0 radical (unpaired) electrons. The fourth-order valence-electron chi connectivity index (χ4n) is 5.85. The summed E-state index contributed by atoms with van der Waals surface area (Å²) < 4.78 is 65.8. The number of nitrogens with one attached hydrogen (secondary N) is 2. The van der Waals surface area contributed by atoms with Crippen molar-refractivity contribution in [2.24, 2.45) is 0 Å². The highest BCUT2D eigenvalue weighted by atomic mass is 19.1. The molecular formula is C43H54F2N8O8. The number of anilines is 2. The van der Waals surface area contributed by atoms with Crippen LogP contribution in [0.4, 0.5) is 29.9 Å². The molecule has 0 saturated heterocycles. The number of para-hydroxylation sites is 1. The van der Waals surface area contributed by atoms with Crippen LogP contribution in [0.25, 0.3) is 22.4 Å². The van der Waals surface area contributed by atoms with Gasteiger partial charge >= 0.3 is 12.2 Å². The van der Waals surface area contributed by atoms with Crippen LogP contribution in [0, 0.1) is 11.6 Å². The zero-order valence-electron chi connectivity index (χ0n) is 35.6. The predicted octanol–water partition coefficient (Wildman–Crippen LogP) is 7.21. The number of amides is 2. The number of carbonyl (C=O) groups excluding carboxylic acids is 2. The molecule has 5 aromatic rings. The number of carbonyl (C=O) groups is 2. The lowest BCUT2D eigenvalue weighted by Crippen LogP contribution is -2.34. The van der Waals surface area contributed by atoms with Gasteiger partial charge in [0.05, 0.1) is 51.3 Å². The quantitative estimate of drug-likeness (QED) is 0.0753. The number of halogens is 2. The van der Waals surface area contributed by atoms with E-state index in [1.807, 2.05) is 23.1 Å². The molecule has 2 N–H and O–H groups in total. The summed E-state index contributed by atoms with van der Waals surface area (Å²) in [5.74, 6) is -0.535. The van der Waals surface area contributed by atoms with Crippen LogP contribution in [-0.4, -0.2) is 107 Å². The van der Waals surface area contributed by atoms with Crippen molar-refractivity contribution in [3.05, 3.63) is 84.3 Å². The van der Waals surface area contributed by atoms with Crippen molar-refractivity contribution in [3.63, 3.8) is 0 Å². The highest BCUT2D eigenvalue weighted by Crippen LogP contribution is 2.35. The molecular weight excluding hydrogens is 795 g/mol. The number of alkyl carbamates (subject to hydrolysis) is 2. The van der Waals surface area contributed by atoms with Gasteiger partial charge < -0.3 is 44.0 Å². The molecule has 0 fully saturated rings. The SMILES string of the molecule is CCOc1cc(F)c(Cn2nc(-c3ncc(OCCOCCNC(=O)OC(C)(C)C)c(N(CCOCCNC(=O)OC(C)(C)C)c4ccncc4)n3)c3ccccc32)c(F)c1. The van der Waals surface area contributed by atoms with Crippen molar-refractivity contribution in [2.75, 3.05) is 64.2 Å². The second-order valence-electron chi connectivity index (χ2n) is 15.5. The van der Waals surface area contributed by atoms with Crippen LogP contribution in [0.3, 0.4) is 0 Å². The highest BCUT2D eigenvalue weighted by molar-refractivity contribution is 5.92. The standard InChI is InChI=1S/C43H54F2N8O8/c1-8-58-30-25-33(44)32(34(45)26-30)28-53-35-12-10-9-11-31(35)37(51-53)38-49-27-36(59-24-23-57-21-18-48-41(55)61-43(5,6)7)39(50-38)52(29-13-15-46-16-14-29)19-22-56-20-17-47-40(54)60-42(2,3)4/h9-16,25-27H,8,17-24,28H2,1-7H3,(H,47,54)(H,48,55). The fraction of sp³-hybridized carbons (Fsp3) is 0.442. The van der Waals surface area contributed by atoms with Gasteiger partial charge in [-0.1, -0.05) is 18.2 Å². The topological polar surface area (TPSA) is 173 Å². The van der Waals surface area contributed by atoms with Crippen molar-refractivity contribution in [1.82, 2.24) is 35.4 Å². The first-order chi connectivity index (χ1) is 29.1. The van der Waals surface area contributed by atoms with Gasteiger partial charge in [-0.15, -0.1) is 0 Å². The molecule has 0 aliphatic carbocycles. The largest absolute Gasteiger partial charge is 0.494 e. The summed E-state index contributed by atoms with van der Waals surface area (Å²) >= 11 is 0. The van der Waals surface area contributed by atoms with Gasteiger partial charge in [-0.3, -0.25) is 9.67 Å². The van der Waals surface area contributed by atoms with Crippen molar-refractivity contribution >= 4 is 34.6 Å². The van der Waals surface area contributed by atoms with Crippen LogP contribution in [0.2, 0.25) is 0 Å². The van der Waals surface area contributed by atoms with Gasteiger partial charge in [-0.05, 0) is 66.7 Å². The molecule has 3 heterocycles. The third-order valence-electron chi connectivity index (χ3n) is 8.34. The molecule has 18 heteroatoms. The first-order valence-corrected chi connectivity index (χ1v) is 19.9. The normalized spacial score (nSPS) is 11.6. The Morgan fingerprint density at radius 1 is 0.803 bits per heavy atom. The third kappa shape index (κ3) is 14.0. The van der Waals surface area contributed by atoms with Crippen LogP contribution in [0.15, 0.2) is 67.1 Å². The Morgan fingerprint density at radius 2 is 1.43 bits per heavy atom. The minimum absolute atomic E-state index is 0.0962. The Balaban J connectivity index is 1.41. The van der Waals surface area contributed by atoms with E-state index in [0.29, 0.717) is 33.9 Å². The molecule has 2 aromatic carbocycles. The highest BCUT2D eigenvalue weighted by Gasteiger charge is 2.24. The van der Waals surface area contributed by atoms with Crippen LogP contribution < -0.4 is 25.0 Å². The number of rotatable bonds is 20. The summed E-state index contributed by atoms with van der Waals surface area (Å²) in [6, 6.07) is 13.2. The van der Waals surface area contributed by atoms with Crippen LogP contribution in [0.1, 0.15) is 54.0 Å². The van der Waals surface area contributed by atoms with Gasteiger partial charge in [0.25, 0.3) is 0 Å². The molecule has 5 rings (SSSR count). The summed E-state index contributed by atoms with van der Waals surface area (Å²) in [4.78, 5) is 39.8. The summed E-state index contributed by atoms with van der Waals surface area (Å²) in [6.07, 6.45) is 3.73. The van der Waals surface area contributed by atoms with E-state index in [1.54, 1.807) is 79.1 Å². The molecule has 0 unspecified atom stereocenters. The molecule has 0 spiro atoms. The van der Waals surface area contributed by atoms with Gasteiger partial charge in [0, 0.05) is 60.8 Å². The number of hydrogen-bond donors (Lipinski definition) is 2. The lowest BCUT2D eigenvalue weighted by atomic mass is 10.1. The Hall–Kier alpha value is -6.14. The number of benzene rings is 2. The van der Waals surface area contributed by atoms with E-state index in [1.165, 1.54) is 10.9 Å². The predicted molar refractivity (Wildman–Crippen MR) is 224 cm³/mol. The van der Waals surface area contributed by atoms with E-state index in [2.05, 4.69) is 20.6 Å². The summed E-state index contributed by atoms with van der Waals surface area (Å²) in [6.45, 7) is 14.1. The van der Waals surface area contributed by atoms with Gasteiger partial charge in [0.15, 0.2) is 17.4 Å². The lowest BCUT2D eigenvalue weighted by Gasteiger charge is -2.26. The molecule has 0 atom stereocenters. The molecule has 0 bridgehead atoms. The Morgan fingerprint density at radius 3 is 2.05 bits per heavy atom. The first-order valence-electron chi connectivity index (χ1n) is 19.9. The minimum atomic E-state index is -0.760. The summed E-state index contributed by atoms with van der Waals surface area (Å²) in [5.41, 5.74) is 0.256. The second-order valence-corrected chi connectivity index (χ2v) is 15.5. The second kappa shape index (κ2) is 21.4. The van der Waals surface area contributed by atoms with Crippen molar-refractivity contribution in [3.8, 4) is 23.0 Å². The number of pyridine rings is 1. The summed E-state index contributed by atoms with van der Waals surface area (Å²) in [7, 11) is 0. The van der Waals surface area contributed by atoms with Gasteiger partial charge in [0.1, 0.15) is 40.9 Å². The number of fused-ring (bicyclic) bond motifs is 1. The van der Waals surface area contributed by atoms with Crippen LogP contribution in [-0.2, 0) is 25.5 Å². The Kier molecular flexibility index (Phi) is 16.1. The molecule has 0 saturated carbocycles. The molecule has 2 amide bonds. The molecule has 328 valence electrons. The summed E-state index contributed by atoms with van der Waals surface area (Å²) in [5, 5.41) is 10.8. The number of hydrogen-bond acceptors (Lipinski definition) is 13. The van der Waals surface area contributed by atoms with E-state index in [4.69, 9.17) is 38.5 Å². The van der Waals surface area contributed by atoms with Crippen molar-refractivity contribution in [2.45, 2.75) is 66.2 Å². The monoisotopic (exact) mass is 848 g/mol. The number of aromatic nitrogens is 5. The van der Waals surface area contributed by atoms with Crippen LogP contribution >= 0.6 is 0 Å². The third-order valence-corrected chi connectivity index (χ3v) is 8.34. The van der Waals surface area contributed by atoms with Gasteiger partial charge in [-0.25, -0.2) is 28.3 Å². The fourth-order valence-corrected chi connectivity index (χ4v) is 5.85. The maximum Gasteiger partial charge on any atom is 0.407 e. The number of ether oxygens (including phenoxy) is 6. The maximum atomic E-state index is 15.3. The molecule has 0 aliphatic rings. The average Bonchev–Trinajstić information content (AvgIpc) is 3.56. The first kappa shape index (κ1) is 45.9.